The molecule has 1 N–H and O–H groups in total. The monoisotopic (exact) mass is 211 g/mol. The average Bonchev–Trinajstić information content (AvgIpc) is 2.56. The Morgan fingerprint density at radius 1 is 1.40 bits per heavy atom. The largest absolute Gasteiger partial charge is 0.343 e. The lowest BCUT2D eigenvalue weighted by Crippen LogP contribution is -2.17. The van der Waals surface area contributed by atoms with Crippen LogP contribution < -0.4 is 5.69 Å². The van der Waals surface area contributed by atoms with Gasteiger partial charge < -0.3 is 0 Å². The minimum absolute atomic E-state index is 0.118. The van der Waals surface area contributed by atoms with Gasteiger partial charge in [0.2, 0.25) is 0 Å². The second kappa shape index (κ2) is 5.14. The Balaban J connectivity index is 2.83. The van der Waals surface area contributed by atoms with E-state index in [2.05, 4.69) is 31.0 Å². The lowest BCUT2D eigenvalue weighted by molar-refractivity contribution is 0.427. The molecular formula is C11H21N3O. The van der Waals surface area contributed by atoms with Gasteiger partial charge >= 0.3 is 5.69 Å². The lowest BCUT2D eigenvalue weighted by Gasteiger charge is -2.17. The molecule has 4 heteroatoms. The minimum Gasteiger partial charge on any atom is -0.282 e. The van der Waals surface area contributed by atoms with E-state index in [4.69, 9.17) is 0 Å². The second-order valence-electron chi connectivity index (χ2n) is 4.30. The molecule has 0 aliphatic rings. The maximum absolute atomic E-state index is 11.3. The maximum atomic E-state index is 11.3. The van der Waals surface area contributed by atoms with E-state index in [0.717, 1.165) is 18.7 Å². The summed E-state index contributed by atoms with van der Waals surface area (Å²) >= 11 is 0. The first-order valence-corrected chi connectivity index (χ1v) is 5.71. The van der Waals surface area contributed by atoms with Crippen molar-refractivity contribution >= 4 is 0 Å². The molecular weight excluding hydrogens is 190 g/mol. The zero-order chi connectivity index (χ0) is 11.4. The van der Waals surface area contributed by atoms with Crippen molar-refractivity contribution in [3.63, 3.8) is 0 Å². The van der Waals surface area contributed by atoms with E-state index in [-0.39, 0.29) is 5.69 Å². The summed E-state index contributed by atoms with van der Waals surface area (Å²) in [5.74, 6) is 1.97. The summed E-state index contributed by atoms with van der Waals surface area (Å²) in [4.78, 5) is 11.3. The van der Waals surface area contributed by atoms with Crippen molar-refractivity contribution in [3.05, 3.63) is 16.3 Å². The number of aromatic nitrogens is 3. The van der Waals surface area contributed by atoms with Gasteiger partial charge in [0.25, 0.3) is 0 Å². The van der Waals surface area contributed by atoms with Crippen molar-refractivity contribution in [2.75, 3.05) is 0 Å². The van der Waals surface area contributed by atoms with Gasteiger partial charge in [-0.3, -0.25) is 4.57 Å². The smallest absolute Gasteiger partial charge is 0.282 e. The summed E-state index contributed by atoms with van der Waals surface area (Å²) in [5, 5.41) is 6.60. The van der Waals surface area contributed by atoms with Crippen LogP contribution in [0.5, 0.6) is 0 Å². The summed E-state index contributed by atoms with van der Waals surface area (Å²) < 4.78 is 1.62. The number of nitrogens with one attached hydrogen (secondary N) is 1. The van der Waals surface area contributed by atoms with Gasteiger partial charge in [-0.1, -0.05) is 27.2 Å². The van der Waals surface area contributed by atoms with E-state index < -0.39 is 0 Å². The Kier molecular flexibility index (Phi) is 4.12. The van der Waals surface area contributed by atoms with Crippen molar-refractivity contribution in [2.45, 2.75) is 46.0 Å². The van der Waals surface area contributed by atoms with Crippen LogP contribution in [0.15, 0.2) is 4.79 Å². The quantitative estimate of drug-likeness (QED) is 0.810. The summed E-state index contributed by atoms with van der Waals surface area (Å²) in [7, 11) is 1.78. The van der Waals surface area contributed by atoms with Crippen molar-refractivity contribution in [1.29, 1.82) is 0 Å². The van der Waals surface area contributed by atoms with Gasteiger partial charge in [-0.2, -0.15) is 5.10 Å². The van der Waals surface area contributed by atoms with Crippen LogP contribution in [-0.4, -0.2) is 14.8 Å². The molecule has 1 aromatic heterocycles. The Morgan fingerprint density at radius 2 is 2.07 bits per heavy atom. The van der Waals surface area contributed by atoms with Gasteiger partial charge in [0.1, 0.15) is 5.82 Å². The van der Waals surface area contributed by atoms with Gasteiger partial charge in [0.05, 0.1) is 0 Å². The van der Waals surface area contributed by atoms with Gasteiger partial charge in [-0.15, -0.1) is 0 Å². The van der Waals surface area contributed by atoms with Crippen LogP contribution in [-0.2, 0) is 7.05 Å². The number of H-pyrrole nitrogens is 1. The lowest BCUT2D eigenvalue weighted by atomic mass is 9.91. The molecule has 0 saturated carbocycles. The molecule has 15 heavy (non-hydrogen) atoms. The van der Waals surface area contributed by atoms with Gasteiger partial charge in [0.15, 0.2) is 0 Å². The molecule has 2 atom stereocenters. The third-order valence-electron chi connectivity index (χ3n) is 3.16. The maximum Gasteiger partial charge on any atom is 0.343 e. The van der Waals surface area contributed by atoms with Gasteiger partial charge in [-0.25, -0.2) is 9.89 Å². The molecule has 0 aliphatic carbocycles. The van der Waals surface area contributed by atoms with Gasteiger partial charge in [0, 0.05) is 13.0 Å². The average molecular weight is 211 g/mol. The van der Waals surface area contributed by atoms with Crippen molar-refractivity contribution in [1.82, 2.24) is 14.8 Å². The Labute approximate surface area is 90.7 Å². The van der Waals surface area contributed by atoms with E-state index in [1.165, 1.54) is 6.42 Å². The molecule has 0 aliphatic heterocycles. The molecule has 1 heterocycles. The molecule has 0 radical (unpaired) electrons. The molecule has 0 bridgehead atoms. The molecule has 1 rings (SSSR count). The highest BCUT2D eigenvalue weighted by Crippen LogP contribution is 2.25. The minimum atomic E-state index is -0.118. The van der Waals surface area contributed by atoms with Crippen LogP contribution >= 0.6 is 0 Å². The van der Waals surface area contributed by atoms with Crippen molar-refractivity contribution in [2.24, 2.45) is 13.0 Å². The van der Waals surface area contributed by atoms with Crippen LogP contribution in [0.1, 0.15) is 51.8 Å². The summed E-state index contributed by atoms with van der Waals surface area (Å²) in [6.07, 6.45) is 3.31. The number of nitrogens with zero attached hydrogens (tertiary/aromatic N) is 2. The Morgan fingerprint density at radius 3 is 2.47 bits per heavy atom. The third-order valence-corrected chi connectivity index (χ3v) is 3.16. The van der Waals surface area contributed by atoms with Crippen LogP contribution in [0.2, 0.25) is 0 Å². The number of hydrogen-bond donors (Lipinski definition) is 1. The van der Waals surface area contributed by atoms with Crippen LogP contribution in [0.3, 0.4) is 0 Å². The molecule has 86 valence electrons. The molecule has 1 aromatic rings. The molecule has 0 amide bonds. The SMILES string of the molecule is CCC(C)CC(CC)c1n[nH]c(=O)n1C. The van der Waals surface area contributed by atoms with Crippen LogP contribution in [0.4, 0.5) is 0 Å². The van der Waals surface area contributed by atoms with Crippen LogP contribution in [0, 0.1) is 5.92 Å². The van der Waals surface area contributed by atoms with E-state index in [1.807, 2.05) is 0 Å². The molecule has 0 spiro atoms. The van der Waals surface area contributed by atoms with Crippen molar-refractivity contribution < 1.29 is 0 Å². The highest BCUT2D eigenvalue weighted by molar-refractivity contribution is 4.95. The summed E-state index contributed by atoms with van der Waals surface area (Å²) in [5.41, 5.74) is -0.118. The zero-order valence-electron chi connectivity index (χ0n) is 10.1. The highest BCUT2D eigenvalue weighted by atomic mass is 16.1. The van der Waals surface area contributed by atoms with Gasteiger partial charge in [-0.05, 0) is 18.8 Å². The predicted molar refractivity (Wildman–Crippen MR) is 60.9 cm³/mol. The number of hydrogen-bond acceptors (Lipinski definition) is 2. The van der Waals surface area contributed by atoms with E-state index in [1.54, 1.807) is 11.6 Å². The Bertz CT molecular complexity index is 353. The molecule has 2 unspecified atom stereocenters. The fourth-order valence-electron chi connectivity index (χ4n) is 1.83. The van der Waals surface area contributed by atoms with E-state index in [0.29, 0.717) is 11.8 Å². The van der Waals surface area contributed by atoms with E-state index in [9.17, 15) is 4.79 Å². The highest BCUT2D eigenvalue weighted by Gasteiger charge is 2.18. The molecule has 4 nitrogen and oxygen atoms in total. The van der Waals surface area contributed by atoms with Crippen LogP contribution in [0.25, 0.3) is 0 Å². The molecule has 0 fully saturated rings. The second-order valence-corrected chi connectivity index (χ2v) is 4.30. The molecule has 0 aromatic carbocycles. The third kappa shape index (κ3) is 2.70. The standard InChI is InChI=1S/C11H21N3O/c1-5-8(3)7-9(6-2)10-12-13-11(15)14(10)4/h8-9H,5-7H2,1-4H3,(H,13,15). The Hall–Kier alpha value is -1.06. The predicted octanol–water partition coefficient (Wildman–Crippen LogP) is 2.04. The first-order valence-electron chi connectivity index (χ1n) is 5.71. The zero-order valence-corrected chi connectivity index (χ0v) is 10.1. The first kappa shape index (κ1) is 12.0. The summed E-state index contributed by atoms with van der Waals surface area (Å²) in [6, 6.07) is 0. The number of aromatic amines is 1. The normalized spacial score (nSPS) is 15.2. The van der Waals surface area contributed by atoms with E-state index >= 15 is 0 Å². The van der Waals surface area contributed by atoms with Crippen molar-refractivity contribution in [3.8, 4) is 0 Å². The summed E-state index contributed by atoms with van der Waals surface area (Å²) in [6.45, 7) is 6.58. The first-order chi connectivity index (χ1) is 7.10. The topological polar surface area (TPSA) is 50.7 Å². The number of rotatable bonds is 5. The fourth-order valence-corrected chi connectivity index (χ4v) is 1.83. The fraction of sp³-hybridized carbons (Fsp3) is 0.818. The molecule has 0 saturated heterocycles.